The number of hydrazone groups is 1. The highest BCUT2D eigenvalue weighted by atomic mass is 35.5. The third kappa shape index (κ3) is 7.24. The van der Waals surface area contributed by atoms with Crippen molar-refractivity contribution >= 4 is 34.9 Å². The molecule has 2 N–H and O–H groups in total. The number of aromatic amines is 1. The second kappa shape index (κ2) is 12.7. The number of carbonyl (C=O) groups is 3. The molecule has 0 radical (unpaired) electrons. The van der Waals surface area contributed by atoms with E-state index in [2.05, 4.69) is 15.5 Å². The van der Waals surface area contributed by atoms with Crippen LogP contribution in [0.5, 0.6) is 5.75 Å². The van der Waals surface area contributed by atoms with Crippen LogP contribution < -0.4 is 15.7 Å². The first-order valence-electron chi connectivity index (χ1n) is 13.0. The molecule has 2 aromatic carbocycles. The van der Waals surface area contributed by atoms with E-state index in [0.29, 0.717) is 60.9 Å². The van der Waals surface area contributed by atoms with Gasteiger partial charge in [0.15, 0.2) is 5.78 Å². The van der Waals surface area contributed by atoms with Gasteiger partial charge >= 0.3 is 0 Å². The van der Waals surface area contributed by atoms with Gasteiger partial charge in [-0.25, -0.2) is 5.43 Å². The average molecular weight is 563 g/mol. The Bertz CT molecular complexity index is 1450. The number of ketones is 1. The number of ether oxygens (including phenoxy) is 1. The number of H-pyrrole nitrogens is 1. The number of likely N-dealkylation sites (tertiary alicyclic amines) is 1. The van der Waals surface area contributed by atoms with Crippen LogP contribution in [0.25, 0.3) is 0 Å². The van der Waals surface area contributed by atoms with E-state index < -0.39 is 16.9 Å². The van der Waals surface area contributed by atoms with Gasteiger partial charge in [-0.15, -0.1) is 0 Å². The van der Waals surface area contributed by atoms with E-state index in [9.17, 15) is 19.2 Å². The first kappa shape index (κ1) is 28.8. The molecular formula is C30H31ClN4O5. The second-order valence-corrected chi connectivity index (χ2v) is 10.6. The van der Waals surface area contributed by atoms with Crippen LogP contribution in [0.15, 0.2) is 76.8 Å². The Kier molecular flexibility index (Phi) is 9.16. The lowest BCUT2D eigenvalue weighted by atomic mass is 9.87. The van der Waals surface area contributed by atoms with Crippen LogP contribution in [0.1, 0.15) is 59.4 Å². The number of piperidine rings is 1. The van der Waals surface area contributed by atoms with E-state index in [1.165, 1.54) is 12.3 Å². The summed E-state index contributed by atoms with van der Waals surface area (Å²) in [4.78, 5) is 54.0. The quantitative estimate of drug-likeness (QED) is 0.294. The summed E-state index contributed by atoms with van der Waals surface area (Å²) in [5.41, 5.74) is 3.18. The average Bonchev–Trinajstić information content (AvgIpc) is 2.96. The zero-order chi connectivity index (χ0) is 28.7. The SMILES string of the molecule is CC(C)(CCOc1ccc(C(=O)c2ccc(Cl)cc2)cc1)C(=O)N1CCC(=NNC(=O)c2ccc[nH]c2=O)CC1. The molecule has 0 saturated carbocycles. The van der Waals surface area contributed by atoms with Crippen LogP contribution in [-0.4, -0.2) is 52.9 Å². The van der Waals surface area contributed by atoms with E-state index in [1.807, 2.05) is 13.8 Å². The number of amides is 2. The summed E-state index contributed by atoms with van der Waals surface area (Å²) in [5.74, 6) is -0.0246. The summed E-state index contributed by atoms with van der Waals surface area (Å²) >= 11 is 5.90. The van der Waals surface area contributed by atoms with E-state index in [4.69, 9.17) is 16.3 Å². The van der Waals surface area contributed by atoms with Crippen molar-refractivity contribution in [2.45, 2.75) is 33.1 Å². The Labute approximate surface area is 237 Å². The normalized spacial score (nSPS) is 13.5. The zero-order valence-electron chi connectivity index (χ0n) is 22.4. The number of aromatic nitrogens is 1. The smallest absolute Gasteiger partial charge is 0.276 e. The summed E-state index contributed by atoms with van der Waals surface area (Å²) in [5, 5.41) is 4.73. The molecule has 3 aromatic rings. The molecule has 2 heterocycles. The highest BCUT2D eigenvalue weighted by Gasteiger charge is 2.33. The maximum Gasteiger partial charge on any atom is 0.276 e. The molecule has 1 aliphatic heterocycles. The Morgan fingerprint density at radius 3 is 2.25 bits per heavy atom. The molecule has 9 nitrogen and oxygen atoms in total. The molecule has 0 spiro atoms. The molecule has 40 heavy (non-hydrogen) atoms. The number of nitrogens with zero attached hydrogens (tertiary/aromatic N) is 2. The highest BCUT2D eigenvalue weighted by Crippen LogP contribution is 2.26. The van der Waals surface area contributed by atoms with Gasteiger partial charge in [0.05, 0.1) is 6.61 Å². The Hall–Kier alpha value is -4.24. The third-order valence-electron chi connectivity index (χ3n) is 6.80. The van der Waals surface area contributed by atoms with Crippen molar-refractivity contribution in [3.63, 3.8) is 0 Å². The Morgan fingerprint density at radius 2 is 1.62 bits per heavy atom. The molecule has 1 aromatic heterocycles. The van der Waals surface area contributed by atoms with Crippen molar-refractivity contribution in [2.75, 3.05) is 19.7 Å². The number of halogens is 1. The predicted octanol–water partition coefficient (Wildman–Crippen LogP) is 4.46. The first-order chi connectivity index (χ1) is 19.1. The molecule has 4 rings (SSSR count). The first-order valence-corrected chi connectivity index (χ1v) is 13.4. The highest BCUT2D eigenvalue weighted by molar-refractivity contribution is 6.30. The van der Waals surface area contributed by atoms with Gasteiger partial charge in [-0.3, -0.25) is 19.2 Å². The number of pyridine rings is 1. The molecule has 0 atom stereocenters. The van der Waals surface area contributed by atoms with Gasteiger partial charge in [-0.05, 0) is 67.1 Å². The molecule has 1 fully saturated rings. The fourth-order valence-electron chi connectivity index (χ4n) is 4.30. The van der Waals surface area contributed by atoms with E-state index in [-0.39, 0.29) is 17.3 Å². The molecule has 2 amide bonds. The van der Waals surface area contributed by atoms with E-state index in [1.54, 1.807) is 59.5 Å². The largest absolute Gasteiger partial charge is 0.494 e. The van der Waals surface area contributed by atoms with Gasteiger partial charge in [0, 0.05) is 59.4 Å². The van der Waals surface area contributed by atoms with Gasteiger partial charge in [0.2, 0.25) is 5.91 Å². The summed E-state index contributed by atoms with van der Waals surface area (Å²) < 4.78 is 5.87. The van der Waals surface area contributed by atoms with Crippen molar-refractivity contribution in [3.05, 3.63) is 98.9 Å². The van der Waals surface area contributed by atoms with Gasteiger partial charge in [-0.1, -0.05) is 25.4 Å². The third-order valence-corrected chi connectivity index (χ3v) is 7.06. The topological polar surface area (TPSA) is 121 Å². The number of carbonyl (C=O) groups excluding carboxylic acids is 3. The molecule has 208 valence electrons. The van der Waals surface area contributed by atoms with Crippen LogP contribution in [-0.2, 0) is 4.79 Å². The van der Waals surface area contributed by atoms with Crippen molar-refractivity contribution in [3.8, 4) is 5.75 Å². The molecule has 1 saturated heterocycles. The maximum absolute atomic E-state index is 13.2. The minimum atomic E-state index is -0.637. The summed E-state index contributed by atoms with van der Waals surface area (Å²) in [6.07, 6.45) is 3.03. The summed E-state index contributed by atoms with van der Waals surface area (Å²) in [6, 6.07) is 16.7. The van der Waals surface area contributed by atoms with Crippen molar-refractivity contribution in [1.82, 2.24) is 15.3 Å². The van der Waals surface area contributed by atoms with Crippen LogP contribution in [0.3, 0.4) is 0 Å². The van der Waals surface area contributed by atoms with Gasteiger partial charge < -0.3 is 14.6 Å². The van der Waals surface area contributed by atoms with Gasteiger partial charge in [0.25, 0.3) is 11.5 Å². The molecule has 10 heteroatoms. The number of hydrogen-bond acceptors (Lipinski definition) is 6. The van der Waals surface area contributed by atoms with Gasteiger partial charge in [-0.2, -0.15) is 5.10 Å². The monoisotopic (exact) mass is 562 g/mol. The fourth-order valence-corrected chi connectivity index (χ4v) is 4.43. The van der Waals surface area contributed by atoms with E-state index in [0.717, 1.165) is 5.71 Å². The lowest BCUT2D eigenvalue weighted by Crippen LogP contribution is -2.46. The number of benzene rings is 2. The molecule has 0 bridgehead atoms. The molecular weight excluding hydrogens is 532 g/mol. The molecule has 1 aliphatic rings. The predicted molar refractivity (Wildman–Crippen MR) is 153 cm³/mol. The molecule has 0 aliphatic carbocycles. The minimum absolute atomic E-state index is 0.00852. The second-order valence-electron chi connectivity index (χ2n) is 10.2. The Balaban J connectivity index is 1.23. The maximum atomic E-state index is 13.2. The Morgan fingerprint density at radius 1 is 1.00 bits per heavy atom. The summed E-state index contributed by atoms with van der Waals surface area (Å²) in [7, 11) is 0. The van der Waals surface area contributed by atoms with Crippen molar-refractivity contribution in [2.24, 2.45) is 10.5 Å². The lowest BCUT2D eigenvalue weighted by molar-refractivity contribution is -0.141. The van der Waals surface area contributed by atoms with Gasteiger partial charge in [0.1, 0.15) is 11.3 Å². The van der Waals surface area contributed by atoms with Crippen LogP contribution in [0.4, 0.5) is 0 Å². The number of rotatable bonds is 9. The zero-order valence-corrected chi connectivity index (χ0v) is 23.2. The van der Waals surface area contributed by atoms with E-state index >= 15 is 0 Å². The number of hydrogen-bond donors (Lipinski definition) is 2. The minimum Gasteiger partial charge on any atom is -0.494 e. The lowest BCUT2D eigenvalue weighted by Gasteiger charge is -2.34. The van der Waals surface area contributed by atoms with Crippen LogP contribution >= 0.6 is 11.6 Å². The van der Waals surface area contributed by atoms with Crippen molar-refractivity contribution in [1.29, 1.82) is 0 Å². The summed E-state index contributed by atoms with van der Waals surface area (Å²) in [6.45, 7) is 5.12. The molecule has 0 unspecified atom stereocenters. The van der Waals surface area contributed by atoms with Crippen LogP contribution in [0.2, 0.25) is 5.02 Å². The van der Waals surface area contributed by atoms with Crippen molar-refractivity contribution < 1.29 is 19.1 Å². The standard InChI is InChI=1S/C30H31ClN4O5/c1-30(2,15-19-40-24-11-7-21(8-12-24)26(36)20-5-9-22(31)10-6-20)29(39)35-17-13-23(14-18-35)33-34-28(38)25-4-3-16-32-27(25)37/h3-12,16H,13-15,17-19H2,1-2H3,(H,32,37)(H,34,38). The number of nitrogens with one attached hydrogen (secondary N) is 2. The fraction of sp³-hybridized carbons (Fsp3) is 0.300. The van der Waals surface area contributed by atoms with Crippen LogP contribution in [0, 0.1) is 5.41 Å².